The first kappa shape index (κ1) is 13.4. The van der Waals surface area contributed by atoms with Crippen molar-refractivity contribution in [1.82, 2.24) is 5.32 Å². The fourth-order valence-electron chi connectivity index (χ4n) is 2.79. The molecule has 0 amide bonds. The second-order valence-corrected chi connectivity index (χ2v) is 5.60. The molecule has 1 aromatic carbocycles. The van der Waals surface area contributed by atoms with Crippen LogP contribution in [-0.4, -0.2) is 6.54 Å². The van der Waals surface area contributed by atoms with Gasteiger partial charge in [0, 0.05) is 6.04 Å². The quantitative estimate of drug-likeness (QED) is 0.753. The Kier molecular flexibility index (Phi) is 4.60. The highest BCUT2D eigenvalue weighted by molar-refractivity contribution is 5.30. The van der Waals surface area contributed by atoms with Crippen LogP contribution in [0.1, 0.15) is 55.3 Å². The molecule has 0 aromatic heterocycles. The molecule has 0 saturated heterocycles. The second-order valence-electron chi connectivity index (χ2n) is 5.60. The fraction of sp³-hybridized carbons (Fsp3) is 0.529. The maximum atomic E-state index is 3.64. The van der Waals surface area contributed by atoms with Gasteiger partial charge in [-0.1, -0.05) is 41.0 Å². The third-order valence-electron chi connectivity index (χ3n) is 3.78. The van der Waals surface area contributed by atoms with Gasteiger partial charge in [0.05, 0.1) is 0 Å². The highest BCUT2D eigenvalue weighted by atomic mass is 14.9. The zero-order chi connectivity index (χ0) is 13.0. The van der Waals surface area contributed by atoms with Gasteiger partial charge in [-0.2, -0.15) is 0 Å². The van der Waals surface area contributed by atoms with Crippen LogP contribution in [0, 0.1) is 13.8 Å². The van der Waals surface area contributed by atoms with Crippen LogP contribution in [0.3, 0.4) is 0 Å². The van der Waals surface area contributed by atoms with E-state index in [-0.39, 0.29) is 0 Å². The van der Waals surface area contributed by atoms with E-state index in [4.69, 9.17) is 0 Å². The van der Waals surface area contributed by atoms with E-state index < -0.39 is 0 Å². The summed E-state index contributed by atoms with van der Waals surface area (Å²) in [5.74, 6) is 0. The minimum Gasteiger partial charge on any atom is -0.310 e. The summed E-state index contributed by atoms with van der Waals surface area (Å²) in [5.41, 5.74) is 5.78. The molecule has 0 radical (unpaired) electrons. The van der Waals surface area contributed by atoms with Crippen LogP contribution in [0.2, 0.25) is 0 Å². The van der Waals surface area contributed by atoms with Crippen LogP contribution >= 0.6 is 0 Å². The molecular weight excluding hydrogens is 218 g/mol. The molecule has 0 aliphatic heterocycles. The van der Waals surface area contributed by atoms with Gasteiger partial charge >= 0.3 is 0 Å². The Morgan fingerprint density at radius 2 is 1.89 bits per heavy atom. The largest absolute Gasteiger partial charge is 0.310 e. The molecule has 1 aliphatic carbocycles. The lowest BCUT2D eigenvalue weighted by Crippen LogP contribution is -2.20. The molecular formula is C17H25N. The number of aryl methyl sites for hydroxylation is 2. The standard InChI is InChI=1S/C17H25N/c1-13-10-14(2)12-17(11-13)15(3)18-9-8-16-6-4-5-7-16/h6,10-12,15,18H,4-5,7-9H2,1-3H3. The van der Waals surface area contributed by atoms with Crippen molar-refractivity contribution < 1.29 is 0 Å². The first-order valence-corrected chi connectivity index (χ1v) is 7.14. The van der Waals surface area contributed by atoms with E-state index in [1.165, 1.54) is 42.4 Å². The predicted octanol–water partition coefficient (Wildman–Crippen LogP) is 4.45. The molecule has 0 spiro atoms. The maximum Gasteiger partial charge on any atom is 0.0292 e. The van der Waals surface area contributed by atoms with Crippen molar-refractivity contribution in [2.24, 2.45) is 0 Å². The van der Waals surface area contributed by atoms with E-state index in [0.29, 0.717) is 6.04 Å². The summed E-state index contributed by atoms with van der Waals surface area (Å²) in [6.45, 7) is 7.70. The molecule has 1 aromatic rings. The van der Waals surface area contributed by atoms with E-state index in [1.807, 2.05) is 0 Å². The zero-order valence-corrected chi connectivity index (χ0v) is 11.9. The van der Waals surface area contributed by atoms with Gasteiger partial charge in [0.15, 0.2) is 0 Å². The summed E-state index contributed by atoms with van der Waals surface area (Å²) >= 11 is 0. The molecule has 0 saturated carbocycles. The van der Waals surface area contributed by atoms with Crippen molar-refractivity contribution in [2.45, 2.75) is 52.5 Å². The van der Waals surface area contributed by atoms with Crippen LogP contribution in [-0.2, 0) is 0 Å². The van der Waals surface area contributed by atoms with Gasteiger partial charge in [-0.25, -0.2) is 0 Å². The highest BCUT2D eigenvalue weighted by Gasteiger charge is 2.07. The smallest absolute Gasteiger partial charge is 0.0292 e. The van der Waals surface area contributed by atoms with Gasteiger partial charge in [0.2, 0.25) is 0 Å². The minimum atomic E-state index is 0.450. The number of hydrogen-bond donors (Lipinski definition) is 1. The first-order valence-electron chi connectivity index (χ1n) is 7.14. The summed E-state index contributed by atoms with van der Waals surface area (Å²) in [5, 5.41) is 3.64. The third kappa shape index (κ3) is 3.71. The summed E-state index contributed by atoms with van der Waals surface area (Å²) in [4.78, 5) is 0. The Labute approximate surface area is 111 Å². The fourth-order valence-corrected chi connectivity index (χ4v) is 2.79. The average Bonchev–Trinajstić information content (AvgIpc) is 2.80. The van der Waals surface area contributed by atoms with Crippen LogP contribution in [0.25, 0.3) is 0 Å². The molecule has 1 nitrogen and oxygen atoms in total. The van der Waals surface area contributed by atoms with Gasteiger partial charge in [-0.05, 0) is 58.6 Å². The molecule has 1 aliphatic rings. The topological polar surface area (TPSA) is 12.0 Å². The van der Waals surface area contributed by atoms with Gasteiger partial charge in [0.1, 0.15) is 0 Å². The molecule has 1 N–H and O–H groups in total. The van der Waals surface area contributed by atoms with Crippen molar-refractivity contribution in [2.75, 3.05) is 6.54 Å². The predicted molar refractivity (Wildman–Crippen MR) is 78.9 cm³/mol. The molecule has 0 bridgehead atoms. The molecule has 0 fully saturated rings. The Morgan fingerprint density at radius 1 is 1.17 bits per heavy atom. The lowest BCUT2D eigenvalue weighted by atomic mass is 10.0. The Morgan fingerprint density at radius 3 is 2.50 bits per heavy atom. The highest BCUT2D eigenvalue weighted by Crippen LogP contribution is 2.21. The van der Waals surface area contributed by atoms with Crippen molar-refractivity contribution in [1.29, 1.82) is 0 Å². The normalized spacial score (nSPS) is 16.7. The molecule has 98 valence electrons. The van der Waals surface area contributed by atoms with Crippen molar-refractivity contribution in [3.8, 4) is 0 Å². The van der Waals surface area contributed by atoms with E-state index in [1.54, 1.807) is 5.57 Å². The summed E-state index contributed by atoms with van der Waals surface area (Å²) < 4.78 is 0. The molecule has 1 unspecified atom stereocenters. The van der Waals surface area contributed by atoms with Crippen LogP contribution in [0.15, 0.2) is 29.8 Å². The van der Waals surface area contributed by atoms with Crippen LogP contribution < -0.4 is 5.32 Å². The first-order chi connectivity index (χ1) is 8.65. The van der Waals surface area contributed by atoms with Crippen molar-refractivity contribution >= 4 is 0 Å². The molecule has 0 heterocycles. The van der Waals surface area contributed by atoms with Crippen molar-refractivity contribution in [3.05, 3.63) is 46.5 Å². The number of rotatable bonds is 5. The third-order valence-corrected chi connectivity index (χ3v) is 3.78. The van der Waals surface area contributed by atoms with Gasteiger partial charge < -0.3 is 5.32 Å². The Balaban J connectivity index is 1.85. The zero-order valence-electron chi connectivity index (χ0n) is 11.9. The van der Waals surface area contributed by atoms with E-state index in [9.17, 15) is 0 Å². The number of benzene rings is 1. The summed E-state index contributed by atoms with van der Waals surface area (Å²) in [6.07, 6.45) is 7.61. The van der Waals surface area contributed by atoms with Gasteiger partial charge in [-0.15, -0.1) is 0 Å². The summed E-state index contributed by atoms with van der Waals surface area (Å²) in [7, 11) is 0. The number of nitrogens with one attached hydrogen (secondary N) is 1. The second kappa shape index (κ2) is 6.19. The SMILES string of the molecule is Cc1cc(C)cc(C(C)NCCC2=CCCC2)c1. The molecule has 1 heteroatoms. The van der Waals surface area contributed by atoms with E-state index in [2.05, 4.69) is 50.4 Å². The van der Waals surface area contributed by atoms with Gasteiger partial charge in [0.25, 0.3) is 0 Å². The lowest BCUT2D eigenvalue weighted by molar-refractivity contribution is 0.572. The summed E-state index contributed by atoms with van der Waals surface area (Å²) in [6, 6.07) is 7.27. The van der Waals surface area contributed by atoms with Crippen LogP contribution in [0.4, 0.5) is 0 Å². The maximum absolute atomic E-state index is 3.64. The minimum absolute atomic E-state index is 0.450. The van der Waals surface area contributed by atoms with Gasteiger partial charge in [-0.3, -0.25) is 0 Å². The Bertz CT molecular complexity index is 411. The number of allylic oxidation sites excluding steroid dienone is 1. The van der Waals surface area contributed by atoms with Crippen molar-refractivity contribution in [3.63, 3.8) is 0 Å². The van der Waals surface area contributed by atoms with E-state index in [0.717, 1.165) is 6.54 Å². The molecule has 18 heavy (non-hydrogen) atoms. The monoisotopic (exact) mass is 243 g/mol. The lowest BCUT2D eigenvalue weighted by Gasteiger charge is -2.16. The average molecular weight is 243 g/mol. The number of hydrogen-bond acceptors (Lipinski definition) is 1. The Hall–Kier alpha value is -1.08. The molecule has 2 rings (SSSR count). The van der Waals surface area contributed by atoms with E-state index >= 15 is 0 Å². The van der Waals surface area contributed by atoms with Crippen LogP contribution in [0.5, 0.6) is 0 Å². The molecule has 1 atom stereocenters.